The van der Waals surface area contributed by atoms with Gasteiger partial charge < -0.3 is 10.1 Å². The SMILES string of the molecule is CCNC(c1cncc(OC)c1)c1cccs1. The van der Waals surface area contributed by atoms with Crippen molar-refractivity contribution in [3.63, 3.8) is 0 Å². The minimum atomic E-state index is 0.197. The van der Waals surface area contributed by atoms with Crippen LogP contribution in [0.1, 0.15) is 23.4 Å². The van der Waals surface area contributed by atoms with Crippen molar-refractivity contribution in [2.24, 2.45) is 0 Å². The zero-order valence-corrected chi connectivity index (χ0v) is 10.8. The zero-order chi connectivity index (χ0) is 12.1. The molecule has 2 aromatic rings. The molecule has 0 radical (unpaired) electrons. The lowest BCUT2D eigenvalue weighted by Gasteiger charge is -2.17. The Labute approximate surface area is 105 Å². The van der Waals surface area contributed by atoms with Crippen molar-refractivity contribution < 1.29 is 4.74 Å². The van der Waals surface area contributed by atoms with Crippen LogP contribution in [0.25, 0.3) is 0 Å². The number of aromatic nitrogens is 1. The summed E-state index contributed by atoms with van der Waals surface area (Å²) < 4.78 is 5.21. The van der Waals surface area contributed by atoms with Gasteiger partial charge in [0.05, 0.1) is 19.3 Å². The second-order valence-electron chi connectivity index (χ2n) is 3.66. The molecule has 1 unspecified atom stereocenters. The van der Waals surface area contributed by atoms with Gasteiger partial charge in [0.1, 0.15) is 5.75 Å². The van der Waals surface area contributed by atoms with Crippen molar-refractivity contribution in [2.45, 2.75) is 13.0 Å². The number of thiophene rings is 1. The molecule has 0 aliphatic rings. The molecule has 0 bridgehead atoms. The molecular formula is C13H16N2OS. The summed E-state index contributed by atoms with van der Waals surface area (Å²) in [7, 11) is 1.66. The number of nitrogens with one attached hydrogen (secondary N) is 1. The smallest absolute Gasteiger partial charge is 0.137 e. The van der Waals surface area contributed by atoms with Crippen LogP contribution in [-0.4, -0.2) is 18.6 Å². The van der Waals surface area contributed by atoms with Gasteiger partial charge in [-0.25, -0.2) is 0 Å². The van der Waals surface area contributed by atoms with Crippen LogP contribution in [-0.2, 0) is 0 Å². The lowest BCUT2D eigenvalue weighted by Crippen LogP contribution is -2.21. The average molecular weight is 248 g/mol. The van der Waals surface area contributed by atoms with Crippen LogP contribution in [0.3, 0.4) is 0 Å². The zero-order valence-electron chi connectivity index (χ0n) is 10.0. The maximum atomic E-state index is 5.21. The Morgan fingerprint density at radius 1 is 1.47 bits per heavy atom. The molecule has 0 saturated heterocycles. The van der Waals surface area contributed by atoms with E-state index in [2.05, 4.69) is 34.7 Å². The summed E-state index contributed by atoms with van der Waals surface area (Å²) in [6.45, 7) is 3.02. The Morgan fingerprint density at radius 2 is 2.35 bits per heavy atom. The maximum Gasteiger partial charge on any atom is 0.137 e. The highest BCUT2D eigenvalue weighted by Gasteiger charge is 2.14. The summed E-state index contributed by atoms with van der Waals surface area (Å²) in [6.07, 6.45) is 3.61. The van der Waals surface area contributed by atoms with E-state index in [1.807, 2.05) is 12.3 Å². The Balaban J connectivity index is 2.32. The van der Waals surface area contributed by atoms with Gasteiger partial charge in [-0.1, -0.05) is 13.0 Å². The first-order valence-electron chi connectivity index (χ1n) is 5.61. The number of pyridine rings is 1. The van der Waals surface area contributed by atoms with Crippen LogP contribution in [0.15, 0.2) is 36.0 Å². The molecule has 0 aliphatic carbocycles. The quantitative estimate of drug-likeness (QED) is 0.883. The van der Waals surface area contributed by atoms with E-state index in [1.54, 1.807) is 24.6 Å². The third-order valence-electron chi connectivity index (χ3n) is 2.54. The maximum absolute atomic E-state index is 5.21. The van der Waals surface area contributed by atoms with Gasteiger partial charge >= 0.3 is 0 Å². The molecule has 0 amide bonds. The fraction of sp³-hybridized carbons (Fsp3) is 0.308. The van der Waals surface area contributed by atoms with Crippen LogP contribution >= 0.6 is 11.3 Å². The summed E-state index contributed by atoms with van der Waals surface area (Å²) in [4.78, 5) is 5.50. The van der Waals surface area contributed by atoms with Gasteiger partial charge in [0.2, 0.25) is 0 Å². The molecule has 4 heteroatoms. The molecule has 0 aromatic carbocycles. The molecular weight excluding hydrogens is 232 g/mol. The largest absolute Gasteiger partial charge is 0.495 e. The Hall–Kier alpha value is -1.39. The topological polar surface area (TPSA) is 34.2 Å². The second-order valence-corrected chi connectivity index (χ2v) is 4.64. The molecule has 90 valence electrons. The number of rotatable bonds is 5. The van der Waals surface area contributed by atoms with Crippen LogP contribution < -0.4 is 10.1 Å². The van der Waals surface area contributed by atoms with E-state index in [1.165, 1.54) is 4.88 Å². The van der Waals surface area contributed by atoms with Crippen molar-refractivity contribution in [1.82, 2.24) is 10.3 Å². The average Bonchev–Trinajstić information content (AvgIpc) is 2.89. The van der Waals surface area contributed by atoms with Gasteiger partial charge in [0, 0.05) is 11.1 Å². The molecule has 2 rings (SSSR count). The molecule has 2 heterocycles. The molecule has 1 N–H and O–H groups in total. The highest BCUT2D eigenvalue weighted by atomic mass is 32.1. The number of ether oxygens (including phenoxy) is 1. The first kappa shape index (κ1) is 12.1. The molecule has 0 spiro atoms. The van der Waals surface area contributed by atoms with Crippen LogP contribution in [0.5, 0.6) is 5.75 Å². The summed E-state index contributed by atoms with van der Waals surface area (Å²) in [5, 5.41) is 5.56. The monoisotopic (exact) mass is 248 g/mol. The van der Waals surface area contributed by atoms with Crippen molar-refractivity contribution in [1.29, 1.82) is 0 Å². The fourth-order valence-electron chi connectivity index (χ4n) is 1.75. The summed E-state index contributed by atoms with van der Waals surface area (Å²) in [6, 6.07) is 6.43. The van der Waals surface area contributed by atoms with Gasteiger partial charge in [0.25, 0.3) is 0 Å². The van der Waals surface area contributed by atoms with Crippen molar-refractivity contribution in [3.8, 4) is 5.75 Å². The van der Waals surface area contributed by atoms with Gasteiger partial charge in [-0.3, -0.25) is 4.98 Å². The van der Waals surface area contributed by atoms with Gasteiger partial charge in [-0.15, -0.1) is 11.3 Å². The van der Waals surface area contributed by atoms with E-state index in [9.17, 15) is 0 Å². The highest BCUT2D eigenvalue weighted by molar-refractivity contribution is 7.10. The first-order valence-corrected chi connectivity index (χ1v) is 6.48. The van der Waals surface area contributed by atoms with E-state index in [0.29, 0.717) is 0 Å². The molecule has 17 heavy (non-hydrogen) atoms. The van der Waals surface area contributed by atoms with Gasteiger partial charge in [-0.2, -0.15) is 0 Å². The fourth-order valence-corrected chi connectivity index (χ4v) is 2.57. The lowest BCUT2D eigenvalue weighted by molar-refractivity contribution is 0.411. The van der Waals surface area contributed by atoms with Crippen LogP contribution in [0.4, 0.5) is 0 Å². The number of nitrogens with zero attached hydrogens (tertiary/aromatic N) is 1. The van der Waals surface area contributed by atoms with Crippen LogP contribution in [0, 0.1) is 0 Å². The highest BCUT2D eigenvalue weighted by Crippen LogP contribution is 2.27. The number of hydrogen-bond donors (Lipinski definition) is 1. The standard InChI is InChI=1S/C13H16N2OS/c1-3-15-13(12-5-4-6-17-12)10-7-11(16-2)9-14-8-10/h4-9,13,15H,3H2,1-2H3. The second kappa shape index (κ2) is 5.80. The molecule has 3 nitrogen and oxygen atoms in total. The third kappa shape index (κ3) is 2.84. The van der Waals surface area contributed by atoms with Crippen LogP contribution in [0.2, 0.25) is 0 Å². The minimum Gasteiger partial charge on any atom is -0.495 e. The van der Waals surface area contributed by atoms with Crippen molar-refractivity contribution >= 4 is 11.3 Å². The van der Waals surface area contributed by atoms with E-state index in [-0.39, 0.29) is 6.04 Å². The Bertz CT molecular complexity index is 456. The molecule has 1 atom stereocenters. The minimum absolute atomic E-state index is 0.197. The van der Waals surface area contributed by atoms with Crippen molar-refractivity contribution in [3.05, 3.63) is 46.4 Å². The summed E-state index contributed by atoms with van der Waals surface area (Å²) >= 11 is 1.75. The molecule has 0 fully saturated rings. The Kier molecular flexibility index (Phi) is 4.12. The predicted molar refractivity (Wildman–Crippen MR) is 70.6 cm³/mol. The van der Waals surface area contributed by atoms with E-state index >= 15 is 0 Å². The van der Waals surface area contributed by atoms with E-state index in [0.717, 1.165) is 17.9 Å². The summed E-state index contributed by atoms with van der Waals surface area (Å²) in [5.41, 5.74) is 1.13. The predicted octanol–water partition coefficient (Wildman–Crippen LogP) is 2.85. The number of hydrogen-bond acceptors (Lipinski definition) is 4. The first-order chi connectivity index (χ1) is 8.35. The normalized spacial score (nSPS) is 12.4. The van der Waals surface area contributed by atoms with E-state index in [4.69, 9.17) is 4.74 Å². The summed E-state index contributed by atoms with van der Waals surface area (Å²) in [5.74, 6) is 0.793. The molecule has 0 aliphatic heterocycles. The molecule has 0 saturated carbocycles. The lowest BCUT2D eigenvalue weighted by atomic mass is 10.1. The van der Waals surface area contributed by atoms with Gasteiger partial charge in [-0.05, 0) is 29.6 Å². The van der Waals surface area contributed by atoms with Crippen molar-refractivity contribution in [2.75, 3.05) is 13.7 Å². The van der Waals surface area contributed by atoms with Gasteiger partial charge in [0.15, 0.2) is 0 Å². The molecule has 2 aromatic heterocycles. The van der Waals surface area contributed by atoms with E-state index < -0.39 is 0 Å². The Morgan fingerprint density at radius 3 is 3.00 bits per heavy atom. The number of methoxy groups -OCH3 is 1. The third-order valence-corrected chi connectivity index (χ3v) is 3.48.